The molecule has 0 spiro atoms. The summed E-state index contributed by atoms with van der Waals surface area (Å²) in [5.74, 6) is 0.983. The average molecular weight is 279 g/mol. The van der Waals surface area contributed by atoms with Crippen molar-refractivity contribution in [2.75, 3.05) is 30.0 Å². The Kier molecular flexibility index (Phi) is 3.31. The second kappa shape index (κ2) is 5.28. The van der Waals surface area contributed by atoms with Crippen molar-refractivity contribution in [2.45, 2.75) is 0 Å². The molecule has 0 amide bonds. The van der Waals surface area contributed by atoms with Crippen molar-refractivity contribution in [2.24, 2.45) is 0 Å². The molecule has 5 nitrogen and oxygen atoms in total. The number of fused-ring (bicyclic) bond motifs is 1. The van der Waals surface area contributed by atoms with Gasteiger partial charge in [-0.2, -0.15) is 4.98 Å². The van der Waals surface area contributed by atoms with E-state index in [1.807, 2.05) is 50.5 Å². The van der Waals surface area contributed by atoms with Gasteiger partial charge >= 0.3 is 0 Å². The summed E-state index contributed by atoms with van der Waals surface area (Å²) in [7, 11) is 4.03. The van der Waals surface area contributed by atoms with Crippen LogP contribution in [0.2, 0.25) is 0 Å². The fourth-order valence-corrected chi connectivity index (χ4v) is 2.17. The van der Waals surface area contributed by atoms with Crippen LogP contribution in [0.15, 0.2) is 48.5 Å². The van der Waals surface area contributed by atoms with Gasteiger partial charge in [-0.05, 0) is 36.4 Å². The van der Waals surface area contributed by atoms with Gasteiger partial charge in [0.1, 0.15) is 5.82 Å². The fourth-order valence-electron chi connectivity index (χ4n) is 2.17. The number of nitrogens with one attached hydrogen (secondary N) is 1. The summed E-state index contributed by atoms with van der Waals surface area (Å²) < 4.78 is 0. The molecule has 0 unspecified atom stereocenters. The average Bonchev–Trinajstić information content (AvgIpc) is 2.47. The first kappa shape index (κ1) is 13.2. The maximum Gasteiger partial charge on any atom is 0.222 e. The SMILES string of the molecule is CN(C)c1ccc(Nc2nc(N)nc3ccccc23)cc1. The van der Waals surface area contributed by atoms with E-state index in [1.165, 1.54) is 0 Å². The molecule has 0 atom stereocenters. The molecule has 0 saturated carbocycles. The Balaban J connectivity index is 1.97. The van der Waals surface area contributed by atoms with Crippen LogP contribution in [0.4, 0.5) is 23.1 Å². The number of rotatable bonds is 3. The number of nitrogens with zero attached hydrogens (tertiary/aromatic N) is 3. The standard InChI is InChI=1S/C16H17N5/c1-21(2)12-9-7-11(8-10-12)18-15-13-5-3-4-6-14(13)19-16(17)20-15/h3-10H,1-2H3,(H3,17,18,19,20). The monoisotopic (exact) mass is 279 g/mol. The number of para-hydroxylation sites is 1. The van der Waals surface area contributed by atoms with Crippen molar-refractivity contribution in [3.05, 3.63) is 48.5 Å². The molecule has 0 saturated heterocycles. The number of nitrogens with two attached hydrogens (primary N) is 1. The predicted octanol–water partition coefficient (Wildman–Crippen LogP) is 3.02. The quantitative estimate of drug-likeness (QED) is 0.771. The number of hydrogen-bond donors (Lipinski definition) is 2. The molecule has 1 aromatic heterocycles. The summed E-state index contributed by atoms with van der Waals surface area (Å²) in [5, 5.41) is 4.25. The summed E-state index contributed by atoms with van der Waals surface area (Å²) in [6.45, 7) is 0. The molecule has 106 valence electrons. The van der Waals surface area contributed by atoms with E-state index in [1.54, 1.807) is 0 Å². The van der Waals surface area contributed by atoms with Crippen LogP contribution in [0.3, 0.4) is 0 Å². The van der Waals surface area contributed by atoms with E-state index in [4.69, 9.17) is 5.73 Å². The zero-order chi connectivity index (χ0) is 14.8. The van der Waals surface area contributed by atoms with Crippen molar-refractivity contribution < 1.29 is 0 Å². The van der Waals surface area contributed by atoms with Crippen LogP contribution in [0.1, 0.15) is 0 Å². The van der Waals surface area contributed by atoms with Gasteiger partial charge in [-0.25, -0.2) is 4.98 Å². The van der Waals surface area contributed by atoms with Crippen molar-refractivity contribution in [3.8, 4) is 0 Å². The highest BCUT2D eigenvalue weighted by Crippen LogP contribution is 2.25. The van der Waals surface area contributed by atoms with E-state index in [0.717, 1.165) is 28.1 Å². The third-order valence-corrected chi connectivity index (χ3v) is 3.27. The molecule has 3 rings (SSSR count). The molecule has 0 aliphatic carbocycles. The smallest absolute Gasteiger partial charge is 0.222 e. The van der Waals surface area contributed by atoms with Gasteiger partial charge in [0.15, 0.2) is 0 Å². The Morgan fingerprint density at radius 2 is 1.67 bits per heavy atom. The third-order valence-electron chi connectivity index (χ3n) is 3.27. The van der Waals surface area contributed by atoms with Crippen LogP contribution in [-0.4, -0.2) is 24.1 Å². The lowest BCUT2D eigenvalue weighted by molar-refractivity contribution is 1.13. The molecular formula is C16H17N5. The van der Waals surface area contributed by atoms with Crippen LogP contribution < -0.4 is 16.0 Å². The van der Waals surface area contributed by atoms with Crippen LogP contribution >= 0.6 is 0 Å². The van der Waals surface area contributed by atoms with E-state index >= 15 is 0 Å². The van der Waals surface area contributed by atoms with Crippen LogP contribution in [-0.2, 0) is 0 Å². The van der Waals surface area contributed by atoms with Crippen molar-refractivity contribution in [1.29, 1.82) is 0 Å². The molecule has 0 bridgehead atoms. The largest absolute Gasteiger partial charge is 0.378 e. The van der Waals surface area contributed by atoms with Crippen LogP contribution in [0.5, 0.6) is 0 Å². The Bertz CT molecular complexity index is 765. The first-order valence-corrected chi connectivity index (χ1v) is 6.70. The molecule has 2 aromatic carbocycles. The molecule has 0 aliphatic heterocycles. The van der Waals surface area contributed by atoms with E-state index in [0.29, 0.717) is 0 Å². The van der Waals surface area contributed by atoms with Gasteiger partial charge in [0, 0.05) is 30.9 Å². The van der Waals surface area contributed by atoms with E-state index in [9.17, 15) is 0 Å². The van der Waals surface area contributed by atoms with Gasteiger partial charge in [-0.15, -0.1) is 0 Å². The number of anilines is 4. The summed E-state index contributed by atoms with van der Waals surface area (Å²) in [4.78, 5) is 10.6. The Labute approximate surface area is 123 Å². The fraction of sp³-hybridized carbons (Fsp3) is 0.125. The zero-order valence-corrected chi connectivity index (χ0v) is 12.0. The zero-order valence-electron chi connectivity index (χ0n) is 12.0. The molecule has 21 heavy (non-hydrogen) atoms. The van der Waals surface area contributed by atoms with Gasteiger partial charge < -0.3 is 16.0 Å². The number of benzene rings is 2. The summed E-state index contributed by atoms with van der Waals surface area (Å²) in [5.41, 5.74) is 8.71. The Hall–Kier alpha value is -2.82. The highest BCUT2D eigenvalue weighted by Gasteiger charge is 2.06. The van der Waals surface area contributed by atoms with Crippen LogP contribution in [0, 0.1) is 0 Å². The van der Waals surface area contributed by atoms with Crippen molar-refractivity contribution >= 4 is 34.0 Å². The minimum atomic E-state index is 0.265. The van der Waals surface area contributed by atoms with Crippen molar-refractivity contribution in [1.82, 2.24) is 9.97 Å². The summed E-state index contributed by atoms with van der Waals surface area (Å²) in [6, 6.07) is 15.9. The van der Waals surface area contributed by atoms with Gasteiger partial charge in [0.2, 0.25) is 5.95 Å². The Morgan fingerprint density at radius 1 is 0.952 bits per heavy atom. The molecule has 0 radical (unpaired) electrons. The topological polar surface area (TPSA) is 67.1 Å². The molecule has 5 heteroatoms. The van der Waals surface area contributed by atoms with Gasteiger partial charge in [0.05, 0.1) is 5.52 Å². The van der Waals surface area contributed by atoms with E-state index in [2.05, 4.69) is 32.3 Å². The van der Waals surface area contributed by atoms with Gasteiger partial charge in [0.25, 0.3) is 0 Å². The molecule has 3 N–H and O–H groups in total. The van der Waals surface area contributed by atoms with E-state index in [-0.39, 0.29) is 5.95 Å². The second-order valence-corrected chi connectivity index (χ2v) is 5.01. The van der Waals surface area contributed by atoms with Gasteiger partial charge in [-0.3, -0.25) is 0 Å². The predicted molar refractivity (Wildman–Crippen MR) is 88.0 cm³/mol. The minimum absolute atomic E-state index is 0.265. The first-order valence-electron chi connectivity index (χ1n) is 6.70. The summed E-state index contributed by atoms with van der Waals surface area (Å²) in [6.07, 6.45) is 0. The molecular weight excluding hydrogens is 262 g/mol. The molecule has 3 aromatic rings. The maximum atomic E-state index is 5.77. The maximum absolute atomic E-state index is 5.77. The Morgan fingerprint density at radius 3 is 2.38 bits per heavy atom. The number of nitrogen functional groups attached to an aromatic ring is 1. The molecule has 1 heterocycles. The summed E-state index contributed by atoms with van der Waals surface area (Å²) >= 11 is 0. The first-order chi connectivity index (χ1) is 10.1. The third kappa shape index (κ3) is 2.72. The normalized spacial score (nSPS) is 10.6. The lowest BCUT2D eigenvalue weighted by Gasteiger charge is -2.14. The second-order valence-electron chi connectivity index (χ2n) is 5.01. The molecule has 0 fully saturated rings. The molecule has 0 aliphatic rings. The van der Waals surface area contributed by atoms with Gasteiger partial charge in [-0.1, -0.05) is 12.1 Å². The van der Waals surface area contributed by atoms with E-state index < -0.39 is 0 Å². The lowest BCUT2D eigenvalue weighted by Crippen LogP contribution is -2.08. The number of hydrogen-bond acceptors (Lipinski definition) is 5. The van der Waals surface area contributed by atoms with Crippen LogP contribution in [0.25, 0.3) is 10.9 Å². The highest BCUT2D eigenvalue weighted by molar-refractivity contribution is 5.91. The lowest BCUT2D eigenvalue weighted by atomic mass is 10.2. The minimum Gasteiger partial charge on any atom is -0.378 e. The van der Waals surface area contributed by atoms with Crippen molar-refractivity contribution in [3.63, 3.8) is 0 Å². The number of aromatic nitrogens is 2. The highest BCUT2D eigenvalue weighted by atomic mass is 15.1.